The second kappa shape index (κ2) is 7.73. The van der Waals surface area contributed by atoms with Gasteiger partial charge < -0.3 is 15.6 Å². The number of hydrogen-bond donors (Lipinski definition) is 2. The summed E-state index contributed by atoms with van der Waals surface area (Å²) < 4.78 is 41.9. The minimum atomic E-state index is -4.70. The second-order valence-electron chi connectivity index (χ2n) is 6.06. The van der Waals surface area contributed by atoms with Crippen molar-refractivity contribution in [2.24, 2.45) is 0 Å². The molecule has 0 spiro atoms. The third kappa shape index (κ3) is 4.32. The Kier molecular flexibility index (Phi) is 4.96. The van der Waals surface area contributed by atoms with E-state index in [4.69, 9.17) is 5.73 Å². The zero-order valence-corrected chi connectivity index (χ0v) is 15.1. The van der Waals surface area contributed by atoms with E-state index in [1.807, 2.05) is 6.07 Å². The third-order valence-electron chi connectivity index (χ3n) is 3.88. The molecule has 0 radical (unpaired) electrons. The molecule has 4 aromatic heterocycles. The van der Waals surface area contributed by atoms with Crippen LogP contribution < -0.4 is 11.1 Å². The molecule has 0 saturated carbocycles. The summed E-state index contributed by atoms with van der Waals surface area (Å²) in [5.74, 6) is -1.03. The van der Waals surface area contributed by atoms with Gasteiger partial charge in [0.05, 0.1) is 17.9 Å². The van der Waals surface area contributed by atoms with Gasteiger partial charge >= 0.3 is 12.1 Å². The number of nitrogens with zero attached hydrogens (tertiary/aromatic N) is 6. The Balaban J connectivity index is 1.46. The van der Waals surface area contributed by atoms with Crippen LogP contribution >= 0.6 is 0 Å². The molecule has 9 nitrogen and oxygen atoms in total. The van der Waals surface area contributed by atoms with Gasteiger partial charge in [0.2, 0.25) is 11.8 Å². The molecule has 0 bridgehead atoms. The van der Waals surface area contributed by atoms with Crippen molar-refractivity contribution in [1.82, 2.24) is 30.1 Å². The lowest BCUT2D eigenvalue weighted by molar-refractivity contribution is -0.159. The van der Waals surface area contributed by atoms with Gasteiger partial charge in [-0.25, -0.2) is 4.98 Å². The average Bonchev–Trinajstić information content (AvgIpc) is 3.24. The average molecular weight is 414 g/mol. The Hall–Kier alpha value is -4.09. The van der Waals surface area contributed by atoms with Gasteiger partial charge in [-0.3, -0.25) is 9.97 Å². The lowest BCUT2D eigenvalue weighted by atomic mass is 10.2. The first-order valence-corrected chi connectivity index (χ1v) is 8.53. The number of halogens is 3. The highest BCUT2D eigenvalue weighted by molar-refractivity contribution is 5.62. The van der Waals surface area contributed by atoms with Crippen LogP contribution in [0.2, 0.25) is 0 Å². The number of hydrogen-bond acceptors (Lipinski definition) is 9. The fraction of sp³-hybridized carbons (Fsp3) is 0.111. The minimum absolute atomic E-state index is 0.199. The number of anilines is 2. The lowest BCUT2D eigenvalue weighted by Crippen LogP contribution is -2.07. The molecule has 0 amide bonds. The zero-order valence-electron chi connectivity index (χ0n) is 15.1. The summed E-state index contributed by atoms with van der Waals surface area (Å²) in [5, 5.41) is 6.34. The van der Waals surface area contributed by atoms with Crippen LogP contribution in [0.1, 0.15) is 11.6 Å². The van der Waals surface area contributed by atoms with Gasteiger partial charge in [0, 0.05) is 35.8 Å². The maximum atomic E-state index is 12.6. The van der Waals surface area contributed by atoms with Crippen molar-refractivity contribution in [1.29, 1.82) is 0 Å². The van der Waals surface area contributed by atoms with Crippen LogP contribution in [0.3, 0.4) is 0 Å². The third-order valence-corrected chi connectivity index (χ3v) is 3.88. The zero-order chi connectivity index (χ0) is 21.1. The molecule has 152 valence electrons. The molecule has 4 rings (SSSR count). The highest BCUT2D eigenvalue weighted by atomic mass is 19.4. The molecule has 30 heavy (non-hydrogen) atoms. The van der Waals surface area contributed by atoms with Crippen molar-refractivity contribution in [3.63, 3.8) is 0 Å². The van der Waals surface area contributed by atoms with E-state index < -0.39 is 12.1 Å². The fourth-order valence-electron chi connectivity index (χ4n) is 2.49. The number of pyridine rings is 2. The Morgan fingerprint density at radius 3 is 2.57 bits per heavy atom. The molecule has 0 fully saturated rings. The molecule has 0 atom stereocenters. The molecule has 12 heteroatoms. The Labute approximate surface area is 167 Å². The van der Waals surface area contributed by atoms with Gasteiger partial charge in [0.1, 0.15) is 5.82 Å². The molecule has 0 aliphatic carbocycles. The monoisotopic (exact) mass is 414 g/mol. The van der Waals surface area contributed by atoms with E-state index >= 15 is 0 Å². The van der Waals surface area contributed by atoms with Gasteiger partial charge in [0.25, 0.3) is 0 Å². The van der Waals surface area contributed by atoms with E-state index in [1.54, 1.807) is 30.6 Å². The van der Waals surface area contributed by atoms with Gasteiger partial charge in [-0.05, 0) is 24.3 Å². The molecule has 0 aromatic carbocycles. The molecule has 3 N–H and O–H groups in total. The smallest absolute Gasteiger partial charge is 0.384 e. The Morgan fingerprint density at radius 2 is 1.90 bits per heavy atom. The SMILES string of the molecule is Nc1cc(-c2cccnc2)nc(NCc2ccc(-c3noc(C(F)(F)F)n3)cn2)n1. The first-order valence-electron chi connectivity index (χ1n) is 8.53. The van der Waals surface area contributed by atoms with Crippen molar-refractivity contribution < 1.29 is 17.7 Å². The largest absolute Gasteiger partial charge is 0.471 e. The molecule has 0 saturated heterocycles. The molecule has 4 aromatic rings. The number of aromatic nitrogens is 6. The summed E-state index contributed by atoms with van der Waals surface area (Å²) in [4.78, 5) is 20.1. The minimum Gasteiger partial charge on any atom is -0.384 e. The summed E-state index contributed by atoms with van der Waals surface area (Å²) in [6.45, 7) is 0.260. The number of nitrogens with two attached hydrogens (primary N) is 1. The van der Waals surface area contributed by atoms with Crippen LogP contribution in [0.5, 0.6) is 0 Å². The number of nitrogens with one attached hydrogen (secondary N) is 1. The Morgan fingerprint density at radius 1 is 1.03 bits per heavy atom. The van der Waals surface area contributed by atoms with Crippen molar-refractivity contribution >= 4 is 11.8 Å². The highest BCUT2D eigenvalue weighted by Gasteiger charge is 2.38. The highest BCUT2D eigenvalue weighted by Crippen LogP contribution is 2.29. The summed E-state index contributed by atoms with van der Waals surface area (Å²) in [5.41, 5.74) is 8.13. The van der Waals surface area contributed by atoms with Crippen molar-refractivity contribution in [2.45, 2.75) is 12.7 Å². The van der Waals surface area contributed by atoms with Gasteiger partial charge in [0.15, 0.2) is 0 Å². The first kappa shape index (κ1) is 19.2. The van der Waals surface area contributed by atoms with Gasteiger partial charge in [-0.15, -0.1) is 0 Å². The standard InChI is InChI=1S/C18H13F3N8O/c19-18(20,21)16-28-15(29-30-16)11-3-4-12(24-8-11)9-25-17-26-13(6-14(22)27-17)10-2-1-5-23-7-10/h1-8H,9H2,(H3,22,25,26,27). The van der Waals surface area contributed by atoms with E-state index in [2.05, 4.69) is 39.9 Å². The van der Waals surface area contributed by atoms with Gasteiger partial charge in [-0.1, -0.05) is 5.16 Å². The summed E-state index contributed by atoms with van der Waals surface area (Å²) in [7, 11) is 0. The lowest BCUT2D eigenvalue weighted by Gasteiger charge is -2.08. The topological polar surface area (TPSA) is 129 Å². The van der Waals surface area contributed by atoms with Crippen LogP contribution in [0, 0.1) is 0 Å². The van der Waals surface area contributed by atoms with E-state index in [0.717, 1.165) is 5.56 Å². The van der Waals surface area contributed by atoms with Crippen LogP contribution in [-0.4, -0.2) is 30.1 Å². The van der Waals surface area contributed by atoms with Crippen molar-refractivity contribution in [2.75, 3.05) is 11.1 Å². The molecule has 0 unspecified atom stereocenters. The maximum Gasteiger partial charge on any atom is 0.471 e. The second-order valence-corrected chi connectivity index (χ2v) is 6.06. The quantitative estimate of drug-likeness (QED) is 0.506. The maximum absolute atomic E-state index is 12.6. The number of rotatable bonds is 5. The predicted octanol–water partition coefficient (Wildman–Crippen LogP) is 3.20. The molecule has 0 aliphatic heterocycles. The van der Waals surface area contributed by atoms with E-state index in [-0.39, 0.29) is 23.8 Å². The van der Waals surface area contributed by atoms with Crippen molar-refractivity contribution in [3.05, 3.63) is 60.5 Å². The van der Waals surface area contributed by atoms with E-state index in [9.17, 15) is 13.2 Å². The normalized spacial score (nSPS) is 11.4. The van der Waals surface area contributed by atoms with Crippen LogP contribution in [0.25, 0.3) is 22.6 Å². The summed E-state index contributed by atoms with van der Waals surface area (Å²) >= 11 is 0. The molecule has 0 aliphatic rings. The number of alkyl halides is 3. The predicted molar refractivity (Wildman–Crippen MR) is 99.5 cm³/mol. The van der Waals surface area contributed by atoms with Crippen LogP contribution in [0.4, 0.5) is 24.9 Å². The molecular weight excluding hydrogens is 401 g/mol. The van der Waals surface area contributed by atoms with E-state index in [1.165, 1.54) is 12.3 Å². The van der Waals surface area contributed by atoms with Crippen LogP contribution in [0.15, 0.2) is 53.4 Å². The number of nitrogen functional groups attached to an aromatic ring is 1. The summed E-state index contributed by atoms with van der Waals surface area (Å²) in [6.07, 6.45) is -0.0347. The van der Waals surface area contributed by atoms with Crippen molar-refractivity contribution in [3.8, 4) is 22.6 Å². The van der Waals surface area contributed by atoms with Gasteiger partial charge in [-0.2, -0.15) is 23.1 Å². The summed E-state index contributed by atoms with van der Waals surface area (Å²) in [6, 6.07) is 8.42. The fourth-order valence-corrected chi connectivity index (χ4v) is 2.49. The van der Waals surface area contributed by atoms with E-state index in [0.29, 0.717) is 17.3 Å². The molecule has 4 heterocycles. The van der Waals surface area contributed by atoms with Crippen LogP contribution in [-0.2, 0) is 12.7 Å². The molecular formula is C18H13F3N8O. The first-order chi connectivity index (χ1) is 14.4. The Bertz CT molecular complexity index is 1150.